The number of phenolic OH excluding ortho intramolecular Hbond substituents is 1. The van der Waals surface area contributed by atoms with Crippen molar-refractivity contribution in [1.82, 2.24) is 0 Å². The Morgan fingerprint density at radius 1 is 0.833 bits per heavy atom. The number of phenols is 1. The van der Waals surface area contributed by atoms with Gasteiger partial charge in [-0.05, 0) is 67.1 Å². The quantitative estimate of drug-likeness (QED) is 0.650. The second-order valence-electron chi connectivity index (χ2n) is 5.75. The van der Waals surface area contributed by atoms with Crippen LogP contribution in [0.1, 0.15) is 58.2 Å². The Hall–Kier alpha value is -1.96. The van der Waals surface area contributed by atoms with Crippen molar-refractivity contribution in [3.05, 3.63) is 53.1 Å². The Bertz CT molecular complexity index is 560. The molecule has 0 spiro atoms. The highest BCUT2D eigenvalue weighted by Crippen LogP contribution is 2.30. The van der Waals surface area contributed by atoms with Crippen LogP contribution in [0.4, 0.5) is 0 Å². The van der Waals surface area contributed by atoms with E-state index in [-0.39, 0.29) is 0 Å². The first kappa shape index (κ1) is 22.0. The van der Waals surface area contributed by atoms with Crippen LogP contribution >= 0.6 is 0 Å². The molecule has 0 unspecified atom stereocenters. The van der Waals surface area contributed by atoms with Crippen molar-refractivity contribution >= 4 is 0 Å². The average molecular weight is 331 g/mol. The largest absolute Gasteiger partial charge is 0.507 e. The van der Waals surface area contributed by atoms with Gasteiger partial charge in [-0.15, -0.1) is 0 Å². The van der Waals surface area contributed by atoms with Crippen molar-refractivity contribution in [2.45, 2.75) is 61.8 Å². The van der Waals surface area contributed by atoms with Crippen molar-refractivity contribution in [2.24, 2.45) is 5.92 Å². The lowest BCUT2D eigenvalue weighted by Gasteiger charge is -2.11. The molecule has 0 aliphatic heterocycles. The lowest BCUT2D eigenvalue weighted by Crippen LogP contribution is -1.94. The fourth-order valence-electron chi connectivity index (χ4n) is 2.28. The first-order valence-corrected chi connectivity index (χ1v) is 9.02. The molecule has 0 amide bonds. The van der Waals surface area contributed by atoms with E-state index in [0.29, 0.717) is 11.7 Å². The molecule has 1 N–H and O–H groups in total. The molecule has 0 aliphatic carbocycles. The van der Waals surface area contributed by atoms with Gasteiger partial charge in [0.05, 0.1) is 0 Å². The average Bonchev–Trinajstić information content (AvgIpc) is 2.57. The maximum absolute atomic E-state index is 9.76. The van der Waals surface area contributed by atoms with Gasteiger partial charge in [-0.25, -0.2) is 0 Å². The zero-order valence-corrected chi connectivity index (χ0v) is 16.6. The molecular formula is C22H34O2. The second kappa shape index (κ2) is 11.6. The van der Waals surface area contributed by atoms with Gasteiger partial charge in [0, 0.05) is 0 Å². The number of aryl methyl sites for hydroxylation is 2. The molecule has 0 radical (unpaired) electrons. The van der Waals surface area contributed by atoms with Gasteiger partial charge < -0.3 is 9.84 Å². The minimum Gasteiger partial charge on any atom is -0.507 e. The summed E-state index contributed by atoms with van der Waals surface area (Å²) in [5.41, 5.74) is 2.98. The molecule has 0 atom stereocenters. The zero-order chi connectivity index (χ0) is 18.7. The highest BCUT2D eigenvalue weighted by Gasteiger charge is 2.05. The third-order valence-electron chi connectivity index (χ3n) is 3.27. The van der Waals surface area contributed by atoms with E-state index in [0.717, 1.165) is 29.0 Å². The summed E-state index contributed by atoms with van der Waals surface area (Å²) >= 11 is 0. The van der Waals surface area contributed by atoms with Crippen molar-refractivity contribution in [2.75, 3.05) is 0 Å². The summed E-state index contributed by atoms with van der Waals surface area (Å²) in [7, 11) is 0. The summed E-state index contributed by atoms with van der Waals surface area (Å²) in [6.07, 6.45) is 1.08. The van der Waals surface area contributed by atoms with Crippen molar-refractivity contribution in [3.63, 3.8) is 0 Å². The minimum atomic E-state index is 0.338. The van der Waals surface area contributed by atoms with E-state index in [2.05, 4.69) is 26.0 Å². The van der Waals surface area contributed by atoms with Gasteiger partial charge in [0.2, 0.25) is 0 Å². The molecule has 0 aromatic heterocycles. The highest BCUT2D eigenvalue weighted by atomic mass is 16.5. The lowest BCUT2D eigenvalue weighted by atomic mass is 10.0. The molecule has 0 heterocycles. The molecule has 2 aromatic carbocycles. The van der Waals surface area contributed by atoms with Gasteiger partial charge >= 0.3 is 0 Å². The van der Waals surface area contributed by atoms with E-state index >= 15 is 0 Å². The molecule has 2 aromatic rings. The maximum Gasteiger partial charge on any atom is 0.128 e. The van der Waals surface area contributed by atoms with Crippen LogP contribution in [-0.4, -0.2) is 5.11 Å². The molecule has 2 nitrogen and oxygen atoms in total. The van der Waals surface area contributed by atoms with Crippen LogP contribution in [0.15, 0.2) is 36.4 Å². The molecule has 0 aliphatic rings. The molecule has 24 heavy (non-hydrogen) atoms. The number of rotatable bonds is 4. The molecule has 2 rings (SSSR count). The van der Waals surface area contributed by atoms with E-state index < -0.39 is 0 Å². The second-order valence-corrected chi connectivity index (χ2v) is 5.75. The summed E-state index contributed by atoms with van der Waals surface area (Å²) in [6, 6.07) is 11.9. The van der Waals surface area contributed by atoms with E-state index in [9.17, 15) is 5.11 Å². The van der Waals surface area contributed by atoms with Gasteiger partial charge in [0.15, 0.2) is 0 Å². The van der Waals surface area contributed by atoms with Gasteiger partial charge in [-0.1, -0.05) is 53.7 Å². The number of benzene rings is 2. The Kier molecular flexibility index (Phi) is 10.6. The Balaban J connectivity index is 0.00000123. The molecular weight excluding hydrogens is 296 g/mol. The zero-order valence-electron chi connectivity index (χ0n) is 16.6. The summed E-state index contributed by atoms with van der Waals surface area (Å²) in [5.74, 6) is 2.57. The Labute approximate surface area is 148 Å². The van der Waals surface area contributed by atoms with Crippen molar-refractivity contribution < 1.29 is 9.84 Å². The van der Waals surface area contributed by atoms with Crippen LogP contribution in [0.2, 0.25) is 0 Å². The van der Waals surface area contributed by atoms with Crippen LogP contribution < -0.4 is 4.74 Å². The molecule has 0 saturated carbocycles. The fourth-order valence-corrected chi connectivity index (χ4v) is 2.28. The summed E-state index contributed by atoms with van der Waals surface area (Å²) < 4.78 is 5.84. The predicted molar refractivity (Wildman–Crippen MR) is 105 cm³/mol. The maximum atomic E-state index is 9.76. The van der Waals surface area contributed by atoms with Crippen molar-refractivity contribution in [1.29, 1.82) is 0 Å². The molecule has 0 bridgehead atoms. The number of hydrogen-bond acceptors (Lipinski definition) is 2. The van der Waals surface area contributed by atoms with Crippen LogP contribution in [0.25, 0.3) is 0 Å². The van der Waals surface area contributed by atoms with E-state index in [1.54, 1.807) is 0 Å². The highest BCUT2D eigenvalue weighted by molar-refractivity contribution is 5.46. The summed E-state index contributed by atoms with van der Waals surface area (Å²) in [5, 5.41) is 9.76. The van der Waals surface area contributed by atoms with Crippen molar-refractivity contribution in [3.8, 4) is 17.2 Å². The van der Waals surface area contributed by atoms with Gasteiger partial charge in [-0.3, -0.25) is 0 Å². The van der Waals surface area contributed by atoms with Crippen LogP contribution in [0.3, 0.4) is 0 Å². The first-order chi connectivity index (χ1) is 11.5. The molecule has 0 saturated heterocycles. The minimum absolute atomic E-state index is 0.338. The number of aromatic hydroxyl groups is 1. The first-order valence-electron chi connectivity index (χ1n) is 9.02. The van der Waals surface area contributed by atoms with Crippen LogP contribution in [0, 0.1) is 19.8 Å². The van der Waals surface area contributed by atoms with Crippen LogP contribution in [0.5, 0.6) is 17.2 Å². The predicted octanol–water partition coefficient (Wildman–Crippen LogP) is 7.05. The molecule has 2 heteroatoms. The topological polar surface area (TPSA) is 29.5 Å². The Morgan fingerprint density at radius 2 is 1.29 bits per heavy atom. The lowest BCUT2D eigenvalue weighted by molar-refractivity contribution is 0.456. The van der Waals surface area contributed by atoms with Gasteiger partial charge in [0.1, 0.15) is 17.2 Å². The Morgan fingerprint density at radius 3 is 1.71 bits per heavy atom. The molecule has 134 valence electrons. The SMILES string of the molecule is CC.CC.Cc1cc(Oc2ccc(CC(C)C)cc2)cc(C)c1O. The number of hydrogen-bond donors (Lipinski definition) is 1. The third-order valence-corrected chi connectivity index (χ3v) is 3.27. The smallest absolute Gasteiger partial charge is 0.128 e. The van der Waals surface area contributed by atoms with Gasteiger partial charge in [-0.2, -0.15) is 0 Å². The standard InChI is InChI=1S/C18H22O2.2C2H6/c1-12(2)9-15-5-7-16(8-6-15)20-17-10-13(3)18(19)14(4)11-17;2*1-2/h5-8,10-12,19H,9H2,1-4H3;2*1-2H3. The van der Waals surface area contributed by atoms with Gasteiger partial charge in [0.25, 0.3) is 0 Å². The third kappa shape index (κ3) is 7.08. The fraction of sp³-hybridized carbons (Fsp3) is 0.455. The number of ether oxygens (including phenoxy) is 1. The normalized spacial score (nSPS) is 9.54. The van der Waals surface area contributed by atoms with E-state index in [1.807, 2.05) is 65.8 Å². The summed E-state index contributed by atoms with van der Waals surface area (Å²) in [6.45, 7) is 16.2. The van der Waals surface area contributed by atoms with Crippen LogP contribution in [-0.2, 0) is 6.42 Å². The molecule has 0 fully saturated rings. The van der Waals surface area contributed by atoms with E-state index in [1.165, 1.54) is 5.56 Å². The van der Waals surface area contributed by atoms with E-state index in [4.69, 9.17) is 4.74 Å². The monoisotopic (exact) mass is 330 g/mol. The summed E-state index contributed by atoms with van der Waals surface area (Å²) in [4.78, 5) is 0.